The second-order valence-corrected chi connectivity index (χ2v) is 5.67. The molecule has 1 aromatic carbocycles. The molecule has 1 nitrogen and oxygen atoms in total. The van der Waals surface area contributed by atoms with Gasteiger partial charge in [-0.25, -0.2) is 0 Å². The van der Waals surface area contributed by atoms with Crippen LogP contribution in [0.25, 0.3) is 10.1 Å². The highest BCUT2D eigenvalue weighted by molar-refractivity contribution is 14.1. The minimum atomic E-state index is 0.784. The Bertz CT molecular complexity index is 476. The zero-order valence-corrected chi connectivity index (χ0v) is 11.5. The van der Waals surface area contributed by atoms with Gasteiger partial charge in [-0.05, 0) is 51.2 Å². The Labute approximate surface area is 107 Å². The number of carbonyl (C=O) groups excluding carboxylic acids is 1. The first-order chi connectivity index (χ1) is 6.24. The molecule has 2 aromatic rings. The number of hydrogen-bond donors (Lipinski definition) is 0. The molecule has 2 rings (SSSR count). The maximum Gasteiger partial charge on any atom is 0.151 e. The molecule has 0 unspecified atom stereocenters. The number of halogens is 2. The average molecular weight is 414 g/mol. The summed E-state index contributed by atoms with van der Waals surface area (Å²) in [5.74, 6) is 0. The van der Waals surface area contributed by atoms with Crippen LogP contribution in [0.2, 0.25) is 0 Å². The summed E-state index contributed by atoms with van der Waals surface area (Å²) in [6.45, 7) is 0. The van der Waals surface area contributed by atoms with E-state index >= 15 is 0 Å². The number of carbonyl (C=O) groups is 1. The number of thiophene rings is 1. The Morgan fingerprint density at radius 1 is 1.31 bits per heavy atom. The van der Waals surface area contributed by atoms with Crippen molar-refractivity contribution in [3.8, 4) is 0 Å². The van der Waals surface area contributed by atoms with Gasteiger partial charge < -0.3 is 0 Å². The molecular weight excluding hydrogens is 410 g/mol. The molecule has 0 amide bonds. The Balaban J connectivity index is 2.87. The van der Waals surface area contributed by atoms with Crippen LogP contribution in [0.5, 0.6) is 0 Å². The van der Waals surface area contributed by atoms with Gasteiger partial charge in [0.25, 0.3) is 0 Å². The van der Waals surface area contributed by atoms with Crippen LogP contribution in [0.15, 0.2) is 17.5 Å². The van der Waals surface area contributed by atoms with Crippen molar-refractivity contribution in [1.82, 2.24) is 0 Å². The monoisotopic (exact) mass is 414 g/mol. The third kappa shape index (κ3) is 1.63. The molecule has 4 heteroatoms. The van der Waals surface area contributed by atoms with Crippen LogP contribution in [0.4, 0.5) is 0 Å². The zero-order chi connectivity index (χ0) is 9.42. The normalized spacial score (nSPS) is 10.6. The summed E-state index contributed by atoms with van der Waals surface area (Å²) in [5, 5.41) is 3.36. The molecule has 0 aliphatic rings. The molecule has 0 N–H and O–H groups in total. The van der Waals surface area contributed by atoms with E-state index < -0.39 is 0 Å². The second-order valence-electron chi connectivity index (χ2n) is 2.55. The van der Waals surface area contributed by atoms with Crippen molar-refractivity contribution in [3.05, 3.63) is 30.2 Å². The van der Waals surface area contributed by atoms with Crippen LogP contribution in [-0.2, 0) is 0 Å². The van der Waals surface area contributed by atoms with Gasteiger partial charge in [-0.15, -0.1) is 11.3 Å². The van der Waals surface area contributed by atoms with Crippen molar-refractivity contribution in [2.75, 3.05) is 0 Å². The van der Waals surface area contributed by atoms with Crippen molar-refractivity contribution >= 4 is 72.9 Å². The number of aldehydes is 1. The molecule has 0 saturated carbocycles. The molecule has 0 fully saturated rings. The highest BCUT2D eigenvalue weighted by Gasteiger charge is 2.07. The standard InChI is InChI=1S/C9H4I2OS/c10-7-4-13-9-6(7)2-1-5(3-12)8(9)11/h1-4H. The van der Waals surface area contributed by atoms with Gasteiger partial charge in [0.1, 0.15) is 0 Å². The van der Waals surface area contributed by atoms with E-state index in [-0.39, 0.29) is 0 Å². The van der Waals surface area contributed by atoms with Gasteiger partial charge in [-0.3, -0.25) is 4.79 Å². The lowest BCUT2D eigenvalue weighted by Crippen LogP contribution is -1.84. The van der Waals surface area contributed by atoms with Crippen molar-refractivity contribution in [2.24, 2.45) is 0 Å². The summed E-state index contributed by atoms with van der Waals surface area (Å²) in [4.78, 5) is 10.7. The quantitative estimate of drug-likeness (QED) is 0.511. The predicted octanol–water partition coefficient (Wildman–Crippen LogP) is 3.92. The van der Waals surface area contributed by atoms with Gasteiger partial charge in [-0.1, -0.05) is 6.07 Å². The van der Waals surface area contributed by atoms with Crippen molar-refractivity contribution in [2.45, 2.75) is 0 Å². The van der Waals surface area contributed by atoms with Crippen LogP contribution in [0.3, 0.4) is 0 Å². The molecule has 0 atom stereocenters. The highest BCUT2D eigenvalue weighted by Crippen LogP contribution is 2.32. The van der Waals surface area contributed by atoms with E-state index in [1.807, 2.05) is 12.1 Å². The van der Waals surface area contributed by atoms with Crippen LogP contribution in [0.1, 0.15) is 10.4 Å². The van der Waals surface area contributed by atoms with Gasteiger partial charge >= 0.3 is 0 Å². The van der Waals surface area contributed by atoms with Crippen LogP contribution in [-0.4, -0.2) is 6.29 Å². The Morgan fingerprint density at radius 2 is 2.08 bits per heavy atom. The summed E-state index contributed by atoms with van der Waals surface area (Å²) in [5.41, 5.74) is 0.784. The fourth-order valence-electron chi connectivity index (χ4n) is 1.14. The second kappa shape index (κ2) is 3.82. The molecule has 0 bridgehead atoms. The lowest BCUT2D eigenvalue weighted by molar-refractivity contribution is 0.112. The van der Waals surface area contributed by atoms with Gasteiger partial charge in [0, 0.05) is 28.2 Å². The number of benzene rings is 1. The van der Waals surface area contributed by atoms with Gasteiger partial charge in [0.05, 0.1) is 0 Å². The molecule has 0 aliphatic heterocycles. The Morgan fingerprint density at radius 3 is 2.77 bits per heavy atom. The SMILES string of the molecule is O=Cc1ccc2c(I)csc2c1I. The van der Waals surface area contributed by atoms with Crippen molar-refractivity contribution in [1.29, 1.82) is 0 Å². The maximum absolute atomic E-state index is 10.7. The first-order valence-corrected chi connectivity index (χ1v) is 6.58. The minimum absolute atomic E-state index is 0.784. The summed E-state index contributed by atoms with van der Waals surface area (Å²) in [7, 11) is 0. The van der Waals surface area contributed by atoms with Crippen LogP contribution >= 0.6 is 56.5 Å². The zero-order valence-electron chi connectivity index (χ0n) is 6.38. The molecule has 1 aromatic heterocycles. The summed E-state index contributed by atoms with van der Waals surface area (Å²) in [6.07, 6.45) is 0.911. The summed E-state index contributed by atoms with van der Waals surface area (Å²) >= 11 is 6.24. The molecule has 0 aliphatic carbocycles. The topological polar surface area (TPSA) is 17.1 Å². The highest BCUT2D eigenvalue weighted by atomic mass is 127. The first-order valence-electron chi connectivity index (χ1n) is 3.54. The molecular formula is C9H4I2OS. The number of fused-ring (bicyclic) bond motifs is 1. The molecule has 66 valence electrons. The van der Waals surface area contributed by atoms with Crippen molar-refractivity contribution in [3.63, 3.8) is 0 Å². The molecule has 0 radical (unpaired) electrons. The molecule has 0 spiro atoms. The van der Waals surface area contributed by atoms with Gasteiger partial charge in [0.15, 0.2) is 6.29 Å². The van der Waals surface area contributed by atoms with E-state index in [1.165, 1.54) is 13.7 Å². The summed E-state index contributed by atoms with van der Waals surface area (Å²) in [6, 6.07) is 3.89. The third-order valence-electron chi connectivity index (χ3n) is 1.79. The average Bonchev–Trinajstić information content (AvgIpc) is 2.50. The molecule has 0 saturated heterocycles. The fourth-order valence-corrected chi connectivity index (χ4v) is 4.01. The van der Waals surface area contributed by atoms with Crippen LogP contribution in [0, 0.1) is 7.14 Å². The minimum Gasteiger partial charge on any atom is -0.298 e. The first kappa shape index (κ1) is 9.85. The Kier molecular flexibility index (Phi) is 2.89. The summed E-state index contributed by atoms with van der Waals surface area (Å²) < 4.78 is 3.54. The largest absolute Gasteiger partial charge is 0.298 e. The van der Waals surface area contributed by atoms with Crippen LogP contribution < -0.4 is 0 Å². The van der Waals surface area contributed by atoms with Gasteiger partial charge in [-0.2, -0.15) is 0 Å². The lowest BCUT2D eigenvalue weighted by Gasteiger charge is -1.97. The Hall–Kier alpha value is 0.310. The van der Waals surface area contributed by atoms with E-state index in [0.29, 0.717) is 0 Å². The third-order valence-corrected chi connectivity index (χ3v) is 5.65. The predicted molar refractivity (Wildman–Crippen MR) is 72.6 cm³/mol. The maximum atomic E-state index is 10.7. The fraction of sp³-hybridized carbons (Fsp3) is 0. The van der Waals surface area contributed by atoms with E-state index in [0.717, 1.165) is 15.4 Å². The van der Waals surface area contributed by atoms with E-state index in [9.17, 15) is 4.79 Å². The van der Waals surface area contributed by atoms with E-state index in [2.05, 4.69) is 50.6 Å². The molecule has 13 heavy (non-hydrogen) atoms. The van der Waals surface area contributed by atoms with Crippen molar-refractivity contribution < 1.29 is 4.79 Å². The van der Waals surface area contributed by atoms with Gasteiger partial charge in [0.2, 0.25) is 0 Å². The van der Waals surface area contributed by atoms with E-state index in [1.54, 1.807) is 11.3 Å². The lowest BCUT2D eigenvalue weighted by atomic mass is 10.2. The number of rotatable bonds is 1. The smallest absolute Gasteiger partial charge is 0.151 e. The number of hydrogen-bond acceptors (Lipinski definition) is 2. The van der Waals surface area contributed by atoms with E-state index in [4.69, 9.17) is 0 Å². The molecule has 1 heterocycles.